The zero-order valence-corrected chi connectivity index (χ0v) is 11.2. The highest BCUT2D eigenvalue weighted by molar-refractivity contribution is 5.88. The van der Waals surface area contributed by atoms with Gasteiger partial charge in [-0.15, -0.1) is 0 Å². The summed E-state index contributed by atoms with van der Waals surface area (Å²) in [5.41, 5.74) is 0.237. The van der Waals surface area contributed by atoms with E-state index in [0.29, 0.717) is 24.8 Å². The Morgan fingerprint density at radius 2 is 2.28 bits per heavy atom. The Balaban J connectivity index is 2.68. The summed E-state index contributed by atoms with van der Waals surface area (Å²) in [5.74, 6) is 0.0549. The molecule has 18 heavy (non-hydrogen) atoms. The zero-order valence-electron chi connectivity index (χ0n) is 11.2. The van der Waals surface area contributed by atoms with Crippen molar-refractivity contribution in [2.75, 3.05) is 26.8 Å². The molecule has 1 aromatic rings. The van der Waals surface area contributed by atoms with E-state index in [4.69, 9.17) is 14.3 Å². The topological polar surface area (TPSA) is 62.9 Å². The lowest BCUT2D eigenvalue weighted by atomic mass is 10.2. The molecule has 102 valence electrons. The maximum atomic E-state index is 11.0. The average Bonchev–Trinajstić information content (AvgIpc) is 2.73. The van der Waals surface area contributed by atoms with Crippen molar-refractivity contribution < 1.29 is 19.1 Å². The van der Waals surface area contributed by atoms with Gasteiger partial charge >= 0.3 is 5.97 Å². The monoisotopic (exact) mass is 255 g/mol. The first-order valence-electron chi connectivity index (χ1n) is 6.05. The number of ether oxygens (including phenoxy) is 1. The minimum atomic E-state index is -0.949. The molecular weight excluding hydrogens is 234 g/mol. The van der Waals surface area contributed by atoms with Crippen LogP contribution in [0.5, 0.6) is 0 Å². The Hall–Kier alpha value is -1.33. The molecule has 1 aromatic heterocycles. The molecule has 0 bridgehead atoms. The van der Waals surface area contributed by atoms with E-state index < -0.39 is 5.97 Å². The quantitative estimate of drug-likeness (QED) is 0.770. The maximum Gasteiger partial charge on any atom is 0.339 e. The molecule has 1 rings (SSSR count). The van der Waals surface area contributed by atoms with E-state index in [0.717, 1.165) is 13.1 Å². The molecular formula is C13H21NO4. The van der Waals surface area contributed by atoms with Crippen molar-refractivity contribution in [3.05, 3.63) is 23.7 Å². The van der Waals surface area contributed by atoms with Gasteiger partial charge in [-0.3, -0.25) is 4.90 Å². The number of methoxy groups -OCH3 is 1. The van der Waals surface area contributed by atoms with Gasteiger partial charge in [0.25, 0.3) is 0 Å². The molecule has 0 amide bonds. The molecule has 0 aliphatic carbocycles. The van der Waals surface area contributed by atoms with Crippen molar-refractivity contribution in [3.8, 4) is 0 Å². The van der Waals surface area contributed by atoms with Crippen molar-refractivity contribution in [3.63, 3.8) is 0 Å². The molecule has 0 aliphatic rings. The van der Waals surface area contributed by atoms with Crippen LogP contribution >= 0.6 is 0 Å². The summed E-state index contributed by atoms with van der Waals surface area (Å²) in [6, 6.07) is 1.49. The van der Waals surface area contributed by atoms with Crippen molar-refractivity contribution >= 4 is 5.97 Å². The molecule has 0 spiro atoms. The first-order chi connectivity index (χ1) is 8.54. The Bertz CT molecular complexity index is 373. The summed E-state index contributed by atoms with van der Waals surface area (Å²) >= 11 is 0. The van der Waals surface area contributed by atoms with Gasteiger partial charge in [-0.05, 0) is 12.0 Å². The second-order valence-corrected chi connectivity index (χ2v) is 4.68. The second kappa shape index (κ2) is 7.18. The molecule has 0 fully saturated rings. The van der Waals surface area contributed by atoms with Crippen LogP contribution in [0, 0.1) is 5.92 Å². The predicted octanol–water partition coefficient (Wildman–Crippen LogP) is 2.08. The van der Waals surface area contributed by atoms with Crippen molar-refractivity contribution in [2.24, 2.45) is 5.92 Å². The smallest absolute Gasteiger partial charge is 0.339 e. The van der Waals surface area contributed by atoms with Crippen LogP contribution in [-0.2, 0) is 11.3 Å². The molecule has 0 unspecified atom stereocenters. The van der Waals surface area contributed by atoms with Crippen molar-refractivity contribution in [1.29, 1.82) is 0 Å². The van der Waals surface area contributed by atoms with Gasteiger partial charge in [-0.1, -0.05) is 13.8 Å². The Labute approximate surface area is 107 Å². The number of rotatable bonds is 8. The number of nitrogens with zero attached hydrogens (tertiary/aromatic N) is 1. The van der Waals surface area contributed by atoms with E-state index in [-0.39, 0.29) is 5.56 Å². The lowest BCUT2D eigenvalue weighted by Gasteiger charge is -2.23. The van der Waals surface area contributed by atoms with Gasteiger partial charge in [0.2, 0.25) is 0 Å². The summed E-state index contributed by atoms with van der Waals surface area (Å²) in [6.07, 6.45) is 1.42. The van der Waals surface area contributed by atoms with Crippen molar-refractivity contribution in [2.45, 2.75) is 20.4 Å². The third kappa shape index (κ3) is 4.50. The molecule has 0 aromatic carbocycles. The number of hydrogen-bond acceptors (Lipinski definition) is 4. The summed E-state index contributed by atoms with van der Waals surface area (Å²) in [5, 5.41) is 9.02. The zero-order chi connectivity index (χ0) is 13.5. The highest BCUT2D eigenvalue weighted by Gasteiger charge is 2.17. The van der Waals surface area contributed by atoms with Crippen LogP contribution in [0.4, 0.5) is 0 Å². The first-order valence-corrected chi connectivity index (χ1v) is 6.05. The summed E-state index contributed by atoms with van der Waals surface area (Å²) in [4.78, 5) is 13.1. The number of furan rings is 1. The third-order valence-corrected chi connectivity index (χ3v) is 2.58. The second-order valence-electron chi connectivity index (χ2n) is 4.68. The highest BCUT2D eigenvalue weighted by Crippen LogP contribution is 2.14. The van der Waals surface area contributed by atoms with Crippen LogP contribution in [0.3, 0.4) is 0 Å². The minimum absolute atomic E-state index is 0.237. The first kappa shape index (κ1) is 14.7. The van der Waals surface area contributed by atoms with Crippen molar-refractivity contribution in [1.82, 2.24) is 4.90 Å². The number of carboxylic acids is 1. The fraction of sp³-hybridized carbons (Fsp3) is 0.615. The normalized spacial score (nSPS) is 11.4. The van der Waals surface area contributed by atoms with Crippen LogP contribution < -0.4 is 0 Å². The number of hydrogen-bond donors (Lipinski definition) is 1. The minimum Gasteiger partial charge on any atom is -0.478 e. The number of carbonyl (C=O) groups is 1. The fourth-order valence-corrected chi connectivity index (χ4v) is 1.83. The van der Waals surface area contributed by atoms with Gasteiger partial charge in [0, 0.05) is 20.2 Å². The molecule has 5 heteroatoms. The number of aromatic carboxylic acids is 1. The molecule has 5 nitrogen and oxygen atoms in total. The lowest BCUT2D eigenvalue weighted by Crippen LogP contribution is -2.31. The van der Waals surface area contributed by atoms with Gasteiger partial charge in [0.15, 0.2) is 0 Å². The Kier molecular flexibility index (Phi) is 5.88. The largest absolute Gasteiger partial charge is 0.478 e. The summed E-state index contributed by atoms with van der Waals surface area (Å²) in [7, 11) is 1.66. The summed E-state index contributed by atoms with van der Waals surface area (Å²) in [6.45, 7) is 7.00. The highest BCUT2D eigenvalue weighted by atomic mass is 16.5. The molecule has 0 saturated heterocycles. The van der Waals surface area contributed by atoms with Gasteiger partial charge in [-0.25, -0.2) is 4.79 Å². The third-order valence-electron chi connectivity index (χ3n) is 2.58. The molecule has 1 N–H and O–H groups in total. The molecule has 1 heterocycles. The van der Waals surface area contributed by atoms with Crippen LogP contribution in [-0.4, -0.2) is 42.8 Å². The fourth-order valence-electron chi connectivity index (χ4n) is 1.83. The molecule has 0 radical (unpaired) electrons. The van der Waals surface area contributed by atoms with E-state index in [2.05, 4.69) is 18.7 Å². The van der Waals surface area contributed by atoms with E-state index >= 15 is 0 Å². The molecule has 0 saturated carbocycles. The van der Waals surface area contributed by atoms with Gasteiger partial charge < -0.3 is 14.3 Å². The van der Waals surface area contributed by atoms with E-state index in [1.807, 2.05) is 0 Å². The maximum absolute atomic E-state index is 11.0. The van der Waals surface area contributed by atoms with E-state index in [1.54, 1.807) is 7.11 Å². The van der Waals surface area contributed by atoms with Crippen LogP contribution in [0.2, 0.25) is 0 Å². The van der Waals surface area contributed by atoms with Crippen LogP contribution in [0.1, 0.15) is 30.0 Å². The molecule has 0 atom stereocenters. The summed E-state index contributed by atoms with van der Waals surface area (Å²) < 4.78 is 10.3. The van der Waals surface area contributed by atoms with Crippen LogP contribution in [0.25, 0.3) is 0 Å². The average molecular weight is 255 g/mol. The van der Waals surface area contributed by atoms with E-state index in [1.165, 1.54) is 12.3 Å². The number of carboxylic acid groups (broad SMARTS) is 1. The van der Waals surface area contributed by atoms with Crippen LogP contribution in [0.15, 0.2) is 16.7 Å². The Morgan fingerprint density at radius 1 is 1.56 bits per heavy atom. The predicted molar refractivity (Wildman–Crippen MR) is 67.7 cm³/mol. The SMILES string of the molecule is COCCN(Cc1occc1C(=O)O)CC(C)C. The standard InChI is InChI=1S/C13H21NO4/c1-10(2)8-14(5-7-17-3)9-12-11(13(15)16)4-6-18-12/h4,6,10H,5,7-9H2,1-3H3,(H,15,16). The van der Waals surface area contributed by atoms with Gasteiger partial charge in [0.1, 0.15) is 11.3 Å². The van der Waals surface area contributed by atoms with E-state index in [9.17, 15) is 4.79 Å². The molecule has 0 aliphatic heterocycles. The Morgan fingerprint density at radius 3 is 2.83 bits per heavy atom. The van der Waals surface area contributed by atoms with Gasteiger partial charge in [0.05, 0.1) is 19.4 Å². The van der Waals surface area contributed by atoms with Gasteiger partial charge in [-0.2, -0.15) is 0 Å². The lowest BCUT2D eigenvalue weighted by molar-refractivity contribution is 0.0691.